The highest BCUT2D eigenvalue weighted by molar-refractivity contribution is 6.22. The number of carbonyl (C=O) groups excluding carboxylic acids is 2. The summed E-state index contributed by atoms with van der Waals surface area (Å²) in [6, 6.07) is 3.78. The highest BCUT2D eigenvalue weighted by atomic mass is 16.2. The Bertz CT molecular complexity index is 453. The van der Waals surface area contributed by atoms with Gasteiger partial charge in [0.2, 0.25) is 0 Å². The Hall–Kier alpha value is -1.68. The van der Waals surface area contributed by atoms with Crippen molar-refractivity contribution in [2.45, 2.75) is 13.8 Å². The maximum atomic E-state index is 12.2. The molecule has 4 nitrogen and oxygen atoms in total. The van der Waals surface area contributed by atoms with Crippen molar-refractivity contribution in [3.05, 3.63) is 34.4 Å². The fourth-order valence-corrected chi connectivity index (χ4v) is 2.15. The van der Waals surface area contributed by atoms with E-state index in [0.29, 0.717) is 24.2 Å². The molecule has 0 unspecified atom stereocenters. The third-order valence-electron chi connectivity index (χ3n) is 3.13. The summed E-state index contributed by atoms with van der Waals surface area (Å²) in [5.41, 5.74) is 2.89. The van der Waals surface area contributed by atoms with Crippen molar-refractivity contribution < 1.29 is 9.59 Å². The van der Waals surface area contributed by atoms with Crippen molar-refractivity contribution in [1.29, 1.82) is 0 Å². The topological polar surface area (TPSA) is 49.4 Å². The molecular formula is C13H16N2O2. The largest absolute Gasteiger partial charge is 0.318 e. The van der Waals surface area contributed by atoms with Crippen LogP contribution >= 0.6 is 0 Å². The zero-order chi connectivity index (χ0) is 12.6. The second-order valence-corrected chi connectivity index (χ2v) is 4.31. The van der Waals surface area contributed by atoms with Crippen molar-refractivity contribution >= 4 is 11.8 Å². The molecule has 2 amide bonds. The van der Waals surface area contributed by atoms with Crippen molar-refractivity contribution in [2.24, 2.45) is 0 Å². The Morgan fingerprint density at radius 1 is 1.06 bits per heavy atom. The van der Waals surface area contributed by atoms with E-state index >= 15 is 0 Å². The predicted molar refractivity (Wildman–Crippen MR) is 65.2 cm³/mol. The maximum Gasteiger partial charge on any atom is 0.261 e. The van der Waals surface area contributed by atoms with Crippen LogP contribution in [-0.4, -0.2) is 36.9 Å². The van der Waals surface area contributed by atoms with E-state index < -0.39 is 0 Å². The van der Waals surface area contributed by atoms with E-state index in [4.69, 9.17) is 0 Å². The third-order valence-corrected chi connectivity index (χ3v) is 3.13. The summed E-state index contributed by atoms with van der Waals surface area (Å²) < 4.78 is 0. The molecule has 0 aliphatic carbocycles. The number of nitrogens with zero attached hydrogens (tertiary/aromatic N) is 1. The molecule has 1 aliphatic heterocycles. The quantitative estimate of drug-likeness (QED) is 0.794. The number of hydrogen-bond donors (Lipinski definition) is 1. The molecule has 0 saturated carbocycles. The molecular weight excluding hydrogens is 216 g/mol. The first-order chi connectivity index (χ1) is 8.07. The number of hydrogen-bond acceptors (Lipinski definition) is 3. The number of rotatable bonds is 3. The highest BCUT2D eigenvalue weighted by Crippen LogP contribution is 2.28. The molecule has 0 fully saturated rings. The Morgan fingerprint density at radius 2 is 1.53 bits per heavy atom. The van der Waals surface area contributed by atoms with Gasteiger partial charge in [-0.15, -0.1) is 0 Å². The number of imide groups is 1. The van der Waals surface area contributed by atoms with Crippen LogP contribution in [-0.2, 0) is 0 Å². The Labute approximate surface area is 101 Å². The van der Waals surface area contributed by atoms with Gasteiger partial charge in [-0.05, 0) is 32.0 Å². The van der Waals surface area contributed by atoms with Gasteiger partial charge in [0, 0.05) is 13.1 Å². The molecule has 1 N–H and O–H groups in total. The maximum absolute atomic E-state index is 12.2. The average Bonchev–Trinajstić information content (AvgIpc) is 2.55. The Balaban J connectivity index is 2.45. The zero-order valence-corrected chi connectivity index (χ0v) is 10.3. The number of aryl methyl sites for hydroxylation is 2. The first-order valence-corrected chi connectivity index (χ1v) is 5.69. The second kappa shape index (κ2) is 4.30. The van der Waals surface area contributed by atoms with Crippen molar-refractivity contribution in [3.8, 4) is 0 Å². The van der Waals surface area contributed by atoms with Gasteiger partial charge < -0.3 is 5.32 Å². The van der Waals surface area contributed by atoms with Gasteiger partial charge in [0.05, 0.1) is 11.1 Å². The summed E-state index contributed by atoms with van der Waals surface area (Å²) in [6.45, 7) is 4.77. The van der Waals surface area contributed by atoms with E-state index in [1.165, 1.54) is 4.90 Å². The molecule has 1 aromatic rings. The minimum Gasteiger partial charge on any atom is -0.318 e. The number of carbonyl (C=O) groups is 2. The summed E-state index contributed by atoms with van der Waals surface area (Å²) >= 11 is 0. The number of nitrogens with one attached hydrogen (secondary N) is 1. The Morgan fingerprint density at radius 3 is 1.94 bits per heavy atom. The molecule has 0 atom stereocenters. The molecule has 2 rings (SSSR count). The summed E-state index contributed by atoms with van der Waals surface area (Å²) in [5.74, 6) is -0.331. The van der Waals surface area contributed by atoms with E-state index in [1.54, 1.807) is 7.05 Å². The van der Waals surface area contributed by atoms with Gasteiger partial charge in [-0.1, -0.05) is 12.1 Å². The predicted octanol–water partition coefficient (Wildman–Crippen LogP) is 1.12. The van der Waals surface area contributed by atoms with Crippen LogP contribution in [0.4, 0.5) is 0 Å². The first kappa shape index (κ1) is 11.8. The standard InChI is InChI=1S/C13H16N2O2/c1-8-4-5-9(2)11-10(8)12(16)15(13(11)17)7-6-14-3/h4-5,14H,6-7H2,1-3H3. The zero-order valence-electron chi connectivity index (χ0n) is 10.3. The van der Waals surface area contributed by atoms with Gasteiger partial charge in [0.1, 0.15) is 0 Å². The summed E-state index contributed by atoms with van der Waals surface area (Å²) in [7, 11) is 1.80. The van der Waals surface area contributed by atoms with Crippen LogP contribution in [0.1, 0.15) is 31.8 Å². The SMILES string of the molecule is CNCCN1C(=O)c2c(C)ccc(C)c2C1=O. The molecule has 1 aromatic carbocycles. The molecule has 1 heterocycles. The molecule has 0 bridgehead atoms. The molecule has 0 spiro atoms. The van der Waals surface area contributed by atoms with Crippen molar-refractivity contribution in [3.63, 3.8) is 0 Å². The fourth-order valence-electron chi connectivity index (χ4n) is 2.15. The van der Waals surface area contributed by atoms with Gasteiger partial charge >= 0.3 is 0 Å². The molecule has 17 heavy (non-hydrogen) atoms. The van der Waals surface area contributed by atoms with Crippen LogP contribution in [0, 0.1) is 13.8 Å². The van der Waals surface area contributed by atoms with Crippen LogP contribution in [0.25, 0.3) is 0 Å². The van der Waals surface area contributed by atoms with E-state index in [0.717, 1.165) is 11.1 Å². The molecule has 90 valence electrons. The van der Waals surface area contributed by atoms with E-state index in [9.17, 15) is 9.59 Å². The molecule has 0 radical (unpaired) electrons. The lowest BCUT2D eigenvalue weighted by atomic mass is 9.99. The second-order valence-electron chi connectivity index (χ2n) is 4.31. The van der Waals surface area contributed by atoms with E-state index in [1.807, 2.05) is 26.0 Å². The lowest BCUT2D eigenvalue weighted by Crippen LogP contribution is -2.35. The van der Waals surface area contributed by atoms with Gasteiger partial charge in [0.25, 0.3) is 11.8 Å². The van der Waals surface area contributed by atoms with Crippen molar-refractivity contribution in [1.82, 2.24) is 10.2 Å². The van der Waals surface area contributed by atoms with Crippen LogP contribution in [0.2, 0.25) is 0 Å². The molecule has 1 aliphatic rings. The number of likely N-dealkylation sites (N-methyl/N-ethyl adjacent to an activating group) is 1. The van der Waals surface area contributed by atoms with Crippen LogP contribution in [0.15, 0.2) is 12.1 Å². The number of fused-ring (bicyclic) bond motifs is 1. The van der Waals surface area contributed by atoms with E-state index in [2.05, 4.69) is 5.32 Å². The molecule has 0 saturated heterocycles. The number of benzene rings is 1. The van der Waals surface area contributed by atoms with Crippen LogP contribution < -0.4 is 5.32 Å². The molecule has 0 aromatic heterocycles. The van der Waals surface area contributed by atoms with Gasteiger partial charge in [0.15, 0.2) is 0 Å². The van der Waals surface area contributed by atoms with Crippen LogP contribution in [0.3, 0.4) is 0 Å². The normalized spacial score (nSPS) is 14.4. The van der Waals surface area contributed by atoms with Gasteiger partial charge in [-0.2, -0.15) is 0 Å². The smallest absolute Gasteiger partial charge is 0.261 e. The monoisotopic (exact) mass is 232 g/mol. The third kappa shape index (κ3) is 1.74. The Kier molecular flexibility index (Phi) is 2.98. The minimum absolute atomic E-state index is 0.165. The summed E-state index contributed by atoms with van der Waals surface area (Å²) in [6.07, 6.45) is 0. The van der Waals surface area contributed by atoms with Gasteiger partial charge in [-0.25, -0.2) is 0 Å². The first-order valence-electron chi connectivity index (χ1n) is 5.69. The van der Waals surface area contributed by atoms with Gasteiger partial charge in [-0.3, -0.25) is 14.5 Å². The molecule has 4 heteroatoms. The summed E-state index contributed by atoms with van der Waals surface area (Å²) in [5, 5.41) is 2.95. The highest BCUT2D eigenvalue weighted by Gasteiger charge is 2.37. The fraction of sp³-hybridized carbons (Fsp3) is 0.385. The lowest BCUT2D eigenvalue weighted by Gasteiger charge is -2.12. The summed E-state index contributed by atoms with van der Waals surface area (Å²) in [4.78, 5) is 25.6. The number of amides is 2. The minimum atomic E-state index is -0.165. The van der Waals surface area contributed by atoms with E-state index in [-0.39, 0.29) is 11.8 Å². The lowest BCUT2D eigenvalue weighted by molar-refractivity contribution is 0.0656. The average molecular weight is 232 g/mol. The van der Waals surface area contributed by atoms with Crippen molar-refractivity contribution in [2.75, 3.05) is 20.1 Å². The van der Waals surface area contributed by atoms with Crippen LogP contribution in [0.5, 0.6) is 0 Å².